The fourth-order valence-electron chi connectivity index (χ4n) is 2.80. The van der Waals surface area contributed by atoms with Crippen molar-refractivity contribution in [3.8, 4) is 11.3 Å². The van der Waals surface area contributed by atoms with Crippen molar-refractivity contribution in [3.63, 3.8) is 0 Å². The maximum Gasteiger partial charge on any atom is 0.298 e. The van der Waals surface area contributed by atoms with Gasteiger partial charge in [0.05, 0.1) is 15.5 Å². The second kappa shape index (κ2) is 7.98. The van der Waals surface area contributed by atoms with Crippen LogP contribution in [0.4, 0.5) is 16.2 Å². The molecule has 2 aromatic carbocycles. The molecule has 1 saturated heterocycles. The lowest BCUT2D eigenvalue weighted by Gasteiger charge is -2.11. The first-order valence-corrected chi connectivity index (χ1v) is 9.98. The number of imide groups is 1. The largest absolute Gasteiger partial charge is 0.457 e. The van der Waals surface area contributed by atoms with Gasteiger partial charge in [-0.25, -0.2) is 4.90 Å². The van der Waals surface area contributed by atoms with Crippen LogP contribution in [0.25, 0.3) is 17.4 Å². The highest BCUT2D eigenvalue weighted by molar-refractivity contribution is 8.19. The molecule has 0 bridgehead atoms. The van der Waals surface area contributed by atoms with Crippen LogP contribution in [-0.2, 0) is 4.79 Å². The molecule has 0 aliphatic carbocycles. The Balaban J connectivity index is 1.61. The van der Waals surface area contributed by atoms with E-state index in [0.29, 0.717) is 27.8 Å². The number of nitro benzene ring substituents is 1. The minimum Gasteiger partial charge on any atom is -0.457 e. The minimum atomic E-state index is -0.581. The molecule has 3 aromatic rings. The van der Waals surface area contributed by atoms with E-state index >= 15 is 0 Å². The molecule has 0 radical (unpaired) electrons. The predicted molar refractivity (Wildman–Crippen MR) is 116 cm³/mol. The van der Waals surface area contributed by atoms with E-state index < -0.39 is 16.1 Å². The van der Waals surface area contributed by atoms with Gasteiger partial charge >= 0.3 is 0 Å². The molecule has 10 heteroatoms. The average molecular weight is 461 g/mol. The van der Waals surface area contributed by atoms with Gasteiger partial charge in [-0.05, 0) is 60.3 Å². The van der Waals surface area contributed by atoms with Gasteiger partial charge in [-0.2, -0.15) is 0 Å². The Morgan fingerprint density at radius 1 is 1.03 bits per heavy atom. The molecule has 1 aliphatic heterocycles. The molecule has 4 rings (SSSR count). The van der Waals surface area contributed by atoms with Crippen LogP contribution in [0.1, 0.15) is 5.76 Å². The van der Waals surface area contributed by atoms with Crippen LogP contribution in [0.15, 0.2) is 63.9 Å². The second-order valence-corrected chi connectivity index (χ2v) is 7.96. The van der Waals surface area contributed by atoms with Gasteiger partial charge in [0.15, 0.2) is 0 Å². The van der Waals surface area contributed by atoms with E-state index in [4.69, 9.17) is 27.6 Å². The third kappa shape index (κ3) is 3.85. The fraction of sp³-hybridized carbons (Fsp3) is 0. The number of nitro groups is 1. The molecule has 1 fully saturated rings. The van der Waals surface area contributed by atoms with Crippen LogP contribution >= 0.6 is 35.0 Å². The molecule has 0 saturated carbocycles. The third-order valence-electron chi connectivity index (χ3n) is 4.21. The number of hydrogen-bond donors (Lipinski definition) is 0. The Kier molecular flexibility index (Phi) is 5.38. The maximum atomic E-state index is 12.7. The highest BCUT2D eigenvalue weighted by Crippen LogP contribution is 2.37. The number of furan rings is 1. The number of benzene rings is 2. The van der Waals surface area contributed by atoms with E-state index in [-0.39, 0.29) is 15.6 Å². The van der Waals surface area contributed by atoms with Gasteiger partial charge in [0, 0.05) is 22.7 Å². The van der Waals surface area contributed by atoms with Crippen molar-refractivity contribution in [2.24, 2.45) is 0 Å². The summed E-state index contributed by atoms with van der Waals surface area (Å²) in [6.07, 6.45) is 1.45. The summed E-state index contributed by atoms with van der Waals surface area (Å²) in [6, 6.07) is 13.9. The lowest BCUT2D eigenvalue weighted by Crippen LogP contribution is -2.27. The molecule has 30 heavy (non-hydrogen) atoms. The zero-order valence-corrected chi connectivity index (χ0v) is 17.2. The summed E-state index contributed by atoms with van der Waals surface area (Å²) in [6.45, 7) is 0. The standard InChI is InChI=1S/C20H10Cl2N2O5S/c21-12-2-4-13(5-3-12)23-19(25)18(30-20(23)26)10-14-6-8-17(29-14)11-1-7-15(22)16(9-11)24(27)28/h1-10H/b18-10-. The van der Waals surface area contributed by atoms with Crippen LogP contribution in [-0.4, -0.2) is 16.1 Å². The zero-order valence-electron chi connectivity index (χ0n) is 14.9. The molecule has 1 aromatic heterocycles. The Morgan fingerprint density at radius 3 is 2.47 bits per heavy atom. The van der Waals surface area contributed by atoms with Crippen molar-refractivity contribution in [1.29, 1.82) is 0 Å². The lowest BCUT2D eigenvalue weighted by molar-refractivity contribution is -0.384. The number of carbonyl (C=O) groups excluding carboxylic acids is 2. The van der Waals surface area contributed by atoms with Gasteiger partial charge in [-0.3, -0.25) is 19.7 Å². The quantitative estimate of drug-likeness (QED) is 0.254. The second-order valence-electron chi connectivity index (χ2n) is 6.12. The first-order chi connectivity index (χ1) is 14.3. The number of halogens is 2. The van der Waals surface area contributed by atoms with Crippen molar-refractivity contribution in [2.45, 2.75) is 0 Å². The van der Waals surface area contributed by atoms with Gasteiger partial charge in [-0.15, -0.1) is 0 Å². The Morgan fingerprint density at radius 2 is 1.77 bits per heavy atom. The number of amides is 2. The Labute approximate surface area is 184 Å². The van der Waals surface area contributed by atoms with Crippen molar-refractivity contribution >= 4 is 63.6 Å². The van der Waals surface area contributed by atoms with Gasteiger partial charge in [0.1, 0.15) is 16.5 Å². The first kappa shape index (κ1) is 20.2. The minimum absolute atomic E-state index is 0.0198. The van der Waals surface area contributed by atoms with E-state index in [9.17, 15) is 19.7 Å². The number of carbonyl (C=O) groups is 2. The first-order valence-electron chi connectivity index (χ1n) is 8.41. The summed E-state index contributed by atoms with van der Waals surface area (Å²) in [5.41, 5.74) is 0.634. The van der Waals surface area contributed by atoms with Gasteiger partial charge < -0.3 is 4.42 Å². The summed E-state index contributed by atoms with van der Waals surface area (Å²) in [5.74, 6) is 0.203. The Hall–Kier alpha value is -3.07. The predicted octanol–water partition coefficient (Wildman–Crippen LogP) is 6.40. The molecule has 2 heterocycles. The summed E-state index contributed by atoms with van der Waals surface area (Å²) >= 11 is 12.5. The highest BCUT2D eigenvalue weighted by Gasteiger charge is 2.36. The molecule has 0 atom stereocenters. The molecule has 2 amide bonds. The van der Waals surface area contributed by atoms with Crippen LogP contribution in [0.2, 0.25) is 10.0 Å². The molecule has 1 aliphatic rings. The van der Waals surface area contributed by atoms with Crippen molar-refractivity contribution in [3.05, 3.63) is 85.4 Å². The summed E-state index contributed by atoms with van der Waals surface area (Å²) in [5, 5.41) is 11.1. The maximum absolute atomic E-state index is 12.7. The van der Waals surface area contributed by atoms with Crippen LogP contribution < -0.4 is 4.90 Å². The number of rotatable bonds is 4. The summed E-state index contributed by atoms with van der Waals surface area (Å²) in [4.78, 5) is 36.7. The van der Waals surface area contributed by atoms with Crippen molar-refractivity contribution < 1.29 is 18.9 Å². The zero-order chi connectivity index (χ0) is 21.4. The number of anilines is 1. The van der Waals surface area contributed by atoms with Crippen LogP contribution in [0, 0.1) is 10.1 Å². The van der Waals surface area contributed by atoms with Crippen LogP contribution in [0.5, 0.6) is 0 Å². The normalized spacial score (nSPS) is 15.3. The van der Waals surface area contributed by atoms with E-state index in [2.05, 4.69) is 0 Å². The Bertz CT molecular complexity index is 1220. The highest BCUT2D eigenvalue weighted by atomic mass is 35.5. The van der Waals surface area contributed by atoms with Gasteiger partial charge in [0.2, 0.25) is 0 Å². The van der Waals surface area contributed by atoms with Crippen molar-refractivity contribution in [2.75, 3.05) is 4.90 Å². The van der Waals surface area contributed by atoms with Crippen molar-refractivity contribution in [1.82, 2.24) is 0 Å². The number of nitrogens with zero attached hydrogens (tertiary/aromatic N) is 2. The van der Waals surface area contributed by atoms with E-state index in [0.717, 1.165) is 16.7 Å². The smallest absolute Gasteiger partial charge is 0.298 e. The lowest BCUT2D eigenvalue weighted by atomic mass is 10.1. The SMILES string of the molecule is O=C1S/C(=C\c2ccc(-c3ccc(Cl)c([N+](=O)[O-])c3)o2)C(=O)N1c1ccc(Cl)cc1. The topological polar surface area (TPSA) is 93.7 Å². The van der Waals surface area contributed by atoms with E-state index in [1.165, 1.54) is 18.2 Å². The van der Waals surface area contributed by atoms with Gasteiger partial charge in [0.25, 0.3) is 16.8 Å². The number of thioether (sulfide) groups is 1. The molecular weight excluding hydrogens is 451 g/mol. The molecule has 0 N–H and O–H groups in total. The summed E-state index contributed by atoms with van der Waals surface area (Å²) in [7, 11) is 0. The average Bonchev–Trinajstić information content (AvgIpc) is 3.28. The fourth-order valence-corrected chi connectivity index (χ4v) is 3.94. The van der Waals surface area contributed by atoms with Crippen LogP contribution in [0.3, 0.4) is 0 Å². The third-order valence-corrected chi connectivity index (χ3v) is 5.65. The van der Waals surface area contributed by atoms with Gasteiger partial charge in [-0.1, -0.05) is 23.2 Å². The van der Waals surface area contributed by atoms with E-state index in [1.54, 1.807) is 42.5 Å². The number of hydrogen-bond acceptors (Lipinski definition) is 6. The molecule has 150 valence electrons. The molecule has 0 unspecified atom stereocenters. The molecular formula is C20H10Cl2N2O5S. The van der Waals surface area contributed by atoms with E-state index in [1.807, 2.05) is 0 Å². The molecule has 0 spiro atoms. The summed E-state index contributed by atoms with van der Waals surface area (Å²) < 4.78 is 5.69. The molecule has 7 nitrogen and oxygen atoms in total. The monoisotopic (exact) mass is 460 g/mol.